The van der Waals surface area contributed by atoms with Crippen molar-refractivity contribution in [3.63, 3.8) is 0 Å². The van der Waals surface area contributed by atoms with Crippen molar-refractivity contribution in [2.45, 2.75) is 19.3 Å². The lowest BCUT2D eigenvalue weighted by molar-refractivity contribution is -0.143. The molecular formula is C12H13FO3. The Bertz CT molecular complexity index is 424. The molecule has 4 heteroatoms. The van der Waals surface area contributed by atoms with Crippen LogP contribution < -0.4 is 4.74 Å². The van der Waals surface area contributed by atoms with Gasteiger partial charge in [0.1, 0.15) is 11.6 Å². The third-order valence-electron chi connectivity index (χ3n) is 3.12. The van der Waals surface area contributed by atoms with Crippen molar-refractivity contribution in [3.05, 3.63) is 29.6 Å². The summed E-state index contributed by atoms with van der Waals surface area (Å²) >= 11 is 0. The van der Waals surface area contributed by atoms with Gasteiger partial charge in [-0.3, -0.25) is 4.79 Å². The fourth-order valence-electron chi connectivity index (χ4n) is 1.86. The second-order valence-electron chi connectivity index (χ2n) is 4.18. The van der Waals surface area contributed by atoms with Crippen LogP contribution in [0.25, 0.3) is 0 Å². The molecule has 0 unspecified atom stereocenters. The van der Waals surface area contributed by atoms with E-state index in [4.69, 9.17) is 9.84 Å². The van der Waals surface area contributed by atoms with Crippen LogP contribution in [0.4, 0.5) is 4.39 Å². The van der Waals surface area contributed by atoms with Gasteiger partial charge in [-0.2, -0.15) is 0 Å². The van der Waals surface area contributed by atoms with Gasteiger partial charge in [0, 0.05) is 5.56 Å². The number of methoxy groups -OCH3 is 1. The zero-order valence-corrected chi connectivity index (χ0v) is 9.00. The number of aliphatic carboxylic acids is 1. The van der Waals surface area contributed by atoms with Gasteiger partial charge in [-0.1, -0.05) is 6.07 Å². The highest BCUT2D eigenvalue weighted by atomic mass is 19.1. The summed E-state index contributed by atoms with van der Waals surface area (Å²) in [4.78, 5) is 11.0. The minimum Gasteiger partial charge on any atom is -0.496 e. The van der Waals surface area contributed by atoms with Crippen LogP contribution in [-0.2, 0) is 11.2 Å². The van der Waals surface area contributed by atoms with Crippen molar-refractivity contribution in [2.75, 3.05) is 7.11 Å². The van der Waals surface area contributed by atoms with Gasteiger partial charge in [0.25, 0.3) is 0 Å². The fraction of sp³-hybridized carbons (Fsp3) is 0.417. The molecule has 0 bridgehead atoms. The summed E-state index contributed by atoms with van der Waals surface area (Å²) in [5.74, 6) is -0.822. The average Bonchev–Trinajstić information content (AvgIpc) is 3.02. The maximum Gasteiger partial charge on any atom is 0.309 e. The monoisotopic (exact) mass is 224 g/mol. The Labute approximate surface area is 92.9 Å². The molecule has 1 aromatic rings. The van der Waals surface area contributed by atoms with Crippen molar-refractivity contribution in [1.29, 1.82) is 0 Å². The molecule has 0 amide bonds. The van der Waals surface area contributed by atoms with E-state index in [9.17, 15) is 9.18 Å². The summed E-state index contributed by atoms with van der Waals surface area (Å²) < 4.78 is 18.6. The molecule has 1 aliphatic rings. The first kappa shape index (κ1) is 10.9. The van der Waals surface area contributed by atoms with E-state index in [1.54, 1.807) is 12.1 Å². The Hall–Kier alpha value is -1.58. The van der Waals surface area contributed by atoms with Gasteiger partial charge in [0.05, 0.1) is 12.5 Å². The second-order valence-corrected chi connectivity index (χ2v) is 4.18. The number of rotatable bonds is 4. The molecule has 1 aliphatic carbocycles. The molecule has 1 fully saturated rings. The lowest BCUT2D eigenvalue weighted by atomic mass is 9.95. The summed E-state index contributed by atoms with van der Waals surface area (Å²) in [7, 11) is 1.46. The van der Waals surface area contributed by atoms with Crippen molar-refractivity contribution >= 4 is 5.97 Å². The van der Waals surface area contributed by atoms with Crippen LogP contribution in [0.5, 0.6) is 5.75 Å². The van der Waals surface area contributed by atoms with Gasteiger partial charge in [0.15, 0.2) is 0 Å². The maximum absolute atomic E-state index is 13.6. The minimum atomic E-state index is -0.849. The highest BCUT2D eigenvalue weighted by molar-refractivity contribution is 5.78. The Morgan fingerprint density at radius 3 is 2.75 bits per heavy atom. The van der Waals surface area contributed by atoms with Crippen molar-refractivity contribution in [2.24, 2.45) is 5.41 Å². The summed E-state index contributed by atoms with van der Waals surface area (Å²) in [5.41, 5.74) is -0.403. The quantitative estimate of drug-likeness (QED) is 0.853. The third-order valence-corrected chi connectivity index (χ3v) is 3.12. The fourth-order valence-corrected chi connectivity index (χ4v) is 1.86. The average molecular weight is 224 g/mol. The molecule has 0 spiro atoms. The molecule has 16 heavy (non-hydrogen) atoms. The smallest absolute Gasteiger partial charge is 0.309 e. The van der Waals surface area contributed by atoms with E-state index in [1.807, 2.05) is 0 Å². The summed E-state index contributed by atoms with van der Waals surface area (Å²) in [6, 6.07) is 4.53. The van der Waals surface area contributed by atoms with Gasteiger partial charge < -0.3 is 9.84 Å². The Kier molecular flexibility index (Phi) is 2.58. The van der Waals surface area contributed by atoms with Crippen molar-refractivity contribution in [1.82, 2.24) is 0 Å². The molecule has 0 radical (unpaired) electrons. The van der Waals surface area contributed by atoms with Gasteiger partial charge in [-0.25, -0.2) is 4.39 Å². The molecule has 0 saturated heterocycles. The van der Waals surface area contributed by atoms with E-state index in [-0.39, 0.29) is 6.42 Å². The minimum absolute atomic E-state index is 0.207. The molecule has 86 valence electrons. The first-order valence-corrected chi connectivity index (χ1v) is 5.14. The molecule has 0 atom stereocenters. The third kappa shape index (κ3) is 1.75. The normalized spacial score (nSPS) is 16.9. The van der Waals surface area contributed by atoms with Crippen LogP contribution in [0.15, 0.2) is 18.2 Å². The van der Waals surface area contributed by atoms with Crippen LogP contribution in [0, 0.1) is 11.2 Å². The molecule has 0 heterocycles. The molecule has 0 aromatic heterocycles. The molecular weight excluding hydrogens is 211 g/mol. The first-order valence-electron chi connectivity index (χ1n) is 5.14. The molecule has 0 aliphatic heterocycles. The molecule has 1 N–H and O–H groups in total. The molecule has 1 saturated carbocycles. The number of carbonyl (C=O) groups is 1. The van der Waals surface area contributed by atoms with Crippen LogP contribution in [0.1, 0.15) is 18.4 Å². The summed E-state index contributed by atoms with van der Waals surface area (Å²) in [6.45, 7) is 0. The van der Waals surface area contributed by atoms with E-state index >= 15 is 0 Å². The topological polar surface area (TPSA) is 46.5 Å². The van der Waals surface area contributed by atoms with E-state index in [2.05, 4.69) is 0 Å². The Morgan fingerprint density at radius 1 is 1.56 bits per heavy atom. The lowest BCUT2D eigenvalue weighted by Gasteiger charge is -2.13. The highest BCUT2D eigenvalue weighted by Crippen LogP contribution is 2.49. The van der Waals surface area contributed by atoms with Gasteiger partial charge in [0.2, 0.25) is 0 Å². The molecule has 3 nitrogen and oxygen atoms in total. The largest absolute Gasteiger partial charge is 0.496 e. The number of benzene rings is 1. The van der Waals surface area contributed by atoms with E-state index < -0.39 is 17.2 Å². The summed E-state index contributed by atoms with van der Waals surface area (Å²) in [5, 5.41) is 9.06. The van der Waals surface area contributed by atoms with Gasteiger partial charge in [-0.05, 0) is 31.4 Å². The predicted molar refractivity (Wildman–Crippen MR) is 56.0 cm³/mol. The van der Waals surface area contributed by atoms with Crippen molar-refractivity contribution in [3.8, 4) is 5.75 Å². The zero-order valence-electron chi connectivity index (χ0n) is 9.00. The first-order chi connectivity index (χ1) is 7.59. The SMILES string of the molecule is COc1cccc(F)c1CC1(C(=O)O)CC1. The number of ether oxygens (including phenoxy) is 1. The number of carboxylic acid groups (broad SMARTS) is 1. The summed E-state index contributed by atoms with van der Waals surface area (Å²) in [6.07, 6.45) is 1.43. The zero-order chi connectivity index (χ0) is 11.8. The number of hydrogen-bond donors (Lipinski definition) is 1. The Balaban J connectivity index is 2.31. The van der Waals surface area contributed by atoms with Gasteiger partial charge >= 0.3 is 5.97 Å². The number of carboxylic acids is 1. The van der Waals surface area contributed by atoms with E-state index in [1.165, 1.54) is 13.2 Å². The number of halogens is 1. The highest BCUT2D eigenvalue weighted by Gasteiger charge is 2.50. The van der Waals surface area contributed by atoms with Crippen LogP contribution in [0.2, 0.25) is 0 Å². The van der Waals surface area contributed by atoms with Crippen LogP contribution >= 0.6 is 0 Å². The standard InChI is InChI=1S/C12H13FO3/c1-16-10-4-2-3-9(13)8(10)7-12(5-6-12)11(14)15/h2-4H,5-7H2,1H3,(H,14,15). The van der Waals surface area contributed by atoms with Crippen LogP contribution in [-0.4, -0.2) is 18.2 Å². The van der Waals surface area contributed by atoms with E-state index in [0.717, 1.165) is 0 Å². The predicted octanol–water partition coefficient (Wildman–Crippen LogP) is 2.24. The maximum atomic E-state index is 13.6. The Morgan fingerprint density at radius 2 is 2.25 bits per heavy atom. The van der Waals surface area contributed by atoms with Crippen molar-refractivity contribution < 1.29 is 19.0 Å². The van der Waals surface area contributed by atoms with Gasteiger partial charge in [-0.15, -0.1) is 0 Å². The molecule has 2 rings (SSSR count). The lowest BCUT2D eigenvalue weighted by Crippen LogP contribution is -2.18. The van der Waals surface area contributed by atoms with Crippen LogP contribution in [0.3, 0.4) is 0 Å². The molecule has 1 aromatic carbocycles. The van der Waals surface area contributed by atoms with E-state index in [0.29, 0.717) is 24.2 Å². The second kappa shape index (κ2) is 3.77. The number of hydrogen-bond acceptors (Lipinski definition) is 2.